The molecule has 0 bridgehead atoms. The zero-order valence-electron chi connectivity index (χ0n) is 17.9. The molecule has 2 heterocycles. The van der Waals surface area contributed by atoms with Gasteiger partial charge in [0.2, 0.25) is 11.7 Å². The molecule has 0 saturated carbocycles. The molecule has 5 nitrogen and oxygen atoms in total. The van der Waals surface area contributed by atoms with E-state index in [0.717, 1.165) is 5.56 Å². The molecule has 0 spiro atoms. The zero-order chi connectivity index (χ0) is 24.7. The molecule has 180 valence electrons. The van der Waals surface area contributed by atoms with Crippen molar-refractivity contribution in [2.75, 3.05) is 6.54 Å². The summed E-state index contributed by atoms with van der Waals surface area (Å²) >= 11 is 0. The number of benzene rings is 2. The third kappa shape index (κ3) is 4.92. The van der Waals surface area contributed by atoms with E-state index in [2.05, 4.69) is 10.1 Å². The van der Waals surface area contributed by atoms with Crippen LogP contribution in [-0.4, -0.2) is 27.5 Å². The minimum atomic E-state index is -5.05. The molecule has 3 aromatic rings. The predicted octanol–water partition coefficient (Wildman–Crippen LogP) is 6.45. The Balaban J connectivity index is 1.69. The van der Waals surface area contributed by atoms with Crippen LogP contribution >= 0.6 is 0 Å². The molecule has 0 N–H and O–H groups in total. The lowest BCUT2D eigenvalue weighted by Gasteiger charge is -2.33. The van der Waals surface area contributed by atoms with Gasteiger partial charge in [0, 0.05) is 17.7 Å². The molecule has 1 unspecified atom stereocenters. The number of alkyl halides is 6. The first-order valence-corrected chi connectivity index (χ1v) is 10.4. The molecule has 1 aromatic heterocycles. The van der Waals surface area contributed by atoms with Crippen molar-refractivity contribution < 1.29 is 35.7 Å². The van der Waals surface area contributed by atoms with Gasteiger partial charge in [-0.25, -0.2) is 0 Å². The SMILES string of the molecule is Cc1cccc(-c2noc(C3CCCCN3C(=O)c3cc(C(F)(F)F)cc(C(F)(F)F)c3)n2)c1. The van der Waals surface area contributed by atoms with E-state index >= 15 is 0 Å². The maximum atomic E-state index is 13.3. The Kier molecular flexibility index (Phi) is 6.13. The standard InChI is InChI=1S/C23H19F6N3O2/c1-13-5-4-6-14(9-13)19-30-20(34-31-19)18-7-2-3-8-32(18)21(33)15-10-16(22(24,25)26)12-17(11-15)23(27,28)29/h4-6,9-12,18H,2-3,7-8H2,1H3. The summed E-state index contributed by atoms with van der Waals surface area (Å²) in [7, 11) is 0. The number of carbonyl (C=O) groups excluding carboxylic acids is 1. The predicted molar refractivity (Wildman–Crippen MR) is 109 cm³/mol. The minimum Gasteiger partial charge on any atom is -0.337 e. The average molecular weight is 483 g/mol. The molecule has 2 aromatic carbocycles. The summed E-state index contributed by atoms with van der Waals surface area (Å²) in [6.45, 7) is 2.01. The summed E-state index contributed by atoms with van der Waals surface area (Å²) in [4.78, 5) is 18.7. The first kappa shape index (κ1) is 23.8. The topological polar surface area (TPSA) is 59.2 Å². The van der Waals surface area contributed by atoms with Crippen LogP contribution in [0.15, 0.2) is 47.0 Å². The second-order valence-corrected chi connectivity index (χ2v) is 8.13. The number of carbonyl (C=O) groups is 1. The van der Waals surface area contributed by atoms with Gasteiger partial charge >= 0.3 is 12.4 Å². The normalized spacial score (nSPS) is 17.1. The van der Waals surface area contributed by atoms with Gasteiger partial charge in [0.05, 0.1) is 11.1 Å². The van der Waals surface area contributed by atoms with E-state index in [0.29, 0.717) is 37.0 Å². The van der Waals surface area contributed by atoms with E-state index in [9.17, 15) is 31.1 Å². The van der Waals surface area contributed by atoms with E-state index in [4.69, 9.17) is 4.52 Å². The largest absolute Gasteiger partial charge is 0.416 e. The van der Waals surface area contributed by atoms with Gasteiger partial charge in [0.25, 0.3) is 5.91 Å². The highest BCUT2D eigenvalue weighted by Crippen LogP contribution is 2.38. The van der Waals surface area contributed by atoms with Gasteiger partial charge in [-0.2, -0.15) is 31.3 Å². The highest BCUT2D eigenvalue weighted by Gasteiger charge is 2.39. The van der Waals surface area contributed by atoms with Gasteiger partial charge < -0.3 is 9.42 Å². The first-order valence-electron chi connectivity index (χ1n) is 10.4. The van der Waals surface area contributed by atoms with Crippen molar-refractivity contribution >= 4 is 5.91 Å². The second kappa shape index (κ2) is 8.77. The van der Waals surface area contributed by atoms with Gasteiger partial charge in [-0.15, -0.1) is 0 Å². The Morgan fingerprint density at radius 3 is 2.29 bits per heavy atom. The van der Waals surface area contributed by atoms with Crippen LogP contribution in [0, 0.1) is 6.92 Å². The number of amides is 1. The molecule has 34 heavy (non-hydrogen) atoms. The van der Waals surface area contributed by atoms with E-state index < -0.39 is 41.0 Å². The lowest BCUT2D eigenvalue weighted by Crippen LogP contribution is -2.39. The molecular formula is C23H19F6N3O2. The van der Waals surface area contributed by atoms with Crippen molar-refractivity contribution in [2.45, 2.75) is 44.6 Å². The van der Waals surface area contributed by atoms with Crippen LogP contribution in [0.3, 0.4) is 0 Å². The van der Waals surface area contributed by atoms with E-state index in [1.54, 1.807) is 6.07 Å². The smallest absolute Gasteiger partial charge is 0.337 e. The Labute approximate surface area is 190 Å². The van der Waals surface area contributed by atoms with Crippen LogP contribution in [0.1, 0.15) is 58.2 Å². The Bertz CT molecular complexity index is 1170. The fourth-order valence-corrected chi connectivity index (χ4v) is 3.95. The van der Waals surface area contributed by atoms with Crippen LogP contribution in [0.4, 0.5) is 26.3 Å². The minimum absolute atomic E-state index is 0.00338. The molecule has 1 aliphatic rings. The highest BCUT2D eigenvalue weighted by atomic mass is 19.4. The Morgan fingerprint density at radius 2 is 1.68 bits per heavy atom. The molecule has 11 heteroatoms. The zero-order valence-corrected chi connectivity index (χ0v) is 17.9. The average Bonchev–Trinajstić information content (AvgIpc) is 3.27. The van der Waals surface area contributed by atoms with Crippen molar-refractivity contribution in [2.24, 2.45) is 0 Å². The van der Waals surface area contributed by atoms with Crippen molar-refractivity contribution in [1.29, 1.82) is 0 Å². The van der Waals surface area contributed by atoms with Crippen LogP contribution < -0.4 is 0 Å². The molecule has 4 rings (SSSR count). The number of halogens is 6. The van der Waals surface area contributed by atoms with Crippen LogP contribution in [0.25, 0.3) is 11.4 Å². The second-order valence-electron chi connectivity index (χ2n) is 8.13. The third-order valence-corrected chi connectivity index (χ3v) is 5.60. The number of rotatable bonds is 3. The number of hydrogen-bond donors (Lipinski definition) is 0. The van der Waals surface area contributed by atoms with Crippen molar-refractivity contribution in [3.8, 4) is 11.4 Å². The van der Waals surface area contributed by atoms with Crippen LogP contribution in [0.5, 0.6) is 0 Å². The maximum absolute atomic E-state index is 13.3. The van der Waals surface area contributed by atoms with Gasteiger partial charge in [-0.3, -0.25) is 4.79 Å². The summed E-state index contributed by atoms with van der Waals surface area (Å²) in [5.41, 5.74) is -2.15. The van der Waals surface area contributed by atoms with Crippen LogP contribution in [0.2, 0.25) is 0 Å². The summed E-state index contributed by atoms with van der Waals surface area (Å²) in [6.07, 6.45) is -8.51. The van der Waals surface area contributed by atoms with Crippen LogP contribution in [-0.2, 0) is 12.4 Å². The quantitative estimate of drug-likeness (QED) is 0.402. The van der Waals surface area contributed by atoms with Crippen molar-refractivity contribution in [3.05, 3.63) is 70.6 Å². The maximum Gasteiger partial charge on any atom is 0.416 e. The van der Waals surface area contributed by atoms with E-state index in [1.165, 1.54) is 4.90 Å². The van der Waals surface area contributed by atoms with Gasteiger partial charge in [0.15, 0.2) is 0 Å². The molecular weight excluding hydrogens is 464 g/mol. The third-order valence-electron chi connectivity index (χ3n) is 5.60. The summed E-state index contributed by atoms with van der Waals surface area (Å²) < 4.78 is 84.9. The number of nitrogens with zero attached hydrogens (tertiary/aromatic N) is 3. The van der Waals surface area contributed by atoms with E-state index in [-0.39, 0.29) is 24.3 Å². The Morgan fingerprint density at radius 1 is 1.00 bits per heavy atom. The monoisotopic (exact) mass is 483 g/mol. The number of piperidine rings is 1. The van der Waals surface area contributed by atoms with Crippen molar-refractivity contribution in [3.63, 3.8) is 0 Å². The number of hydrogen-bond acceptors (Lipinski definition) is 4. The van der Waals surface area contributed by atoms with Crippen molar-refractivity contribution in [1.82, 2.24) is 15.0 Å². The summed E-state index contributed by atoms with van der Waals surface area (Å²) in [6, 6.07) is 7.41. The molecule has 0 aliphatic carbocycles. The molecule has 1 saturated heterocycles. The van der Waals surface area contributed by atoms with Gasteiger partial charge in [-0.1, -0.05) is 28.9 Å². The number of likely N-dealkylation sites (tertiary alicyclic amines) is 1. The van der Waals surface area contributed by atoms with E-state index in [1.807, 2.05) is 25.1 Å². The fraction of sp³-hybridized carbons (Fsp3) is 0.348. The fourth-order valence-electron chi connectivity index (χ4n) is 3.95. The lowest BCUT2D eigenvalue weighted by molar-refractivity contribution is -0.143. The molecule has 0 radical (unpaired) electrons. The Hall–Kier alpha value is -3.37. The first-order chi connectivity index (χ1) is 15.9. The number of aromatic nitrogens is 2. The molecule has 1 fully saturated rings. The molecule has 1 aliphatic heterocycles. The summed E-state index contributed by atoms with van der Waals surface area (Å²) in [5, 5.41) is 3.94. The molecule has 1 amide bonds. The summed E-state index contributed by atoms with van der Waals surface area (Å²) in [5.74, 6) is -0.612. The number of aryl methyl sites for hydroxylation is 1. The van der Waals surface area contributed by atoms with Gasteiger partial charge in [0.1, 0.15) is 6.04 Å². The van der Waals surface area contributed by atoms with Gasteiger partial charge in [-0.05, 0) is 50.5 Å². The molecule has 1 atom stereocenters. The highest BCUT2D eigenvalue weighted by molar-refractivity contribution is 5.95. The lowest BCUT2D eigenvalue weighted by atomic mass is 9.98.